The second kappa shape index (κ2) is 13.1. The Kier molecular flexibility index (Phi) is 12.2. The summed E-state index contributed by atoms with van der Waals surface area (Å²) in [6, 6.07) is -2.79. The highest BCUT2D eigenvalue weighted by Gasteiger charge is 2.27. The minimum absolute atomic E-state index is 0.0236. The molecule has 3 atom stereocenters. The topological polar surface area (TPSA) is 183 Å². The maximum atomic E-state index is 12.5. The van der Waals surface area contributed by atoms with Crippen LogP contribution in [0.4, 0.5) is 0 Å². The van der Waals surface area contributed by atoms with E-state index in [0.29, 0.717) is 0 Å². The minimum atomic E-state index is -1.25. The average Bonchev–Trinajstić information content (AvgIpc) is 2.60. The summed E-state index contributed by atoms with van der Waals surface area (Å²) in [5, 5.41) is 29.3. The van der Waals surface area contributed by atoms with Crippen molar-refractivity contribution in [2.45, 2.75) is 83.6 Å². The lowest BCUT2D eigenvalue weighted by Gasteiger charge is -2.27. The van der Waals surface area contributed by atoms with E-state index in [2.05, 4.69) is 21.3 Å². The summed E-state index contributed by atoms with van der Waals surface area (Å²) < 4.78 is 0. The van der Waals surface area contributed by atoms with Crippen molar-refractivity contribution < 1.29 is 29.4 Å². The van der Waals surface area contributed by atoms with E-state index in [-0.39, 0.29) is 49.8 Å². The second-order valence-electron chi connectivity index (χ2n) is 8.47. The minimum Gasteiger partial charge on any atom is -0.481 e. The zero-order chi connectivity index (χ0) is 23.5. The molecule has 0 aromatic carbocycles. The molecule has 0 heterocycles. The molecule has 11 nitrogen and oxygen atoms in total. The summed E-state index contributed by atoms with van der Waals surface area (Å²) in [6.07, 6.45) is -0.237. The molecule has 0 saturated heterocycles. The van der Waals surface area contributed by atoms with Crippen molar-refractivity contribution in [2.75, 3.05) is 13.1 Å². The van der Waals surface area contributed by atoms with E-state index < -0.39 is 36.0 Å². The van der Waals surface area contributed by atoms with Gasteiger partial charge in [0.05, 0.1) is 12.1 Å². The fourth-order valence-electron chi connectivity index (χ4n) is 2.71. The summed E-state index contributed by atoms with van der Waals surface area (Å²) >= 11 is 0. The van der Waals surface area contributed by atoms with Gasteiger partial charge >= 0.3 is 11.9 Å². The number of hydrogen-bond donors (Lipinski definition) is 7. The molecule has 0 radical (unpaired) electrons. The maximum absolute atomic E-state index is 12.5. The lowest BCUT2D eigenvalue weighted by atomic mass is 10.1. The van der Waals surface area contributed by atoms with E-state index in [1.807, 2.05) is 20.8 Å². The fourth-order valence-corrected chi connectivity index (χ4v) is 2.71. The van der Waals surface area contributed by atoms with Crippen molar-refractivity contribution in [3.8, 4) is 0 Å². The molecular formula is C19H37N5O6. The van der Waals surface area contributed by atoms with Crippen LogP contribution < -0.4 is 27.0 Å². The van der Waals surface area contributed by atoms with Crippen molar-refractivity contribution in [1.29, 1.82) is 0 Å². The lowest BCUT2D eigenvalue weighted by molar-refractivity contribution is -0.143. The number of amides is 2. The molecule has 2 amide bonds. The van der Waals surface area contributed by atoms with Gasteiger partial charge < -0.3 is 37.2 Å². The van der Waals surface area contributed by atoms with Gasteiger partial charge in [0.25, 0.3) is 0 Å². The van der Waals surface area contributed by atoms with Crippen LogP contribution in [0.2, 0.25) is 0 Å². The normalized spacial score (nSPS) is 14.6. The van der Waals surface area contributed by atoms with Crippen molar-refractivity contribution in [1.82, 2.24) is 21.3 Å². The van der Waals surface area contributed by atoms with Gasteiger partial charge in [-0.1, -0.05) is 13.8 Å². The quantitative estimate of drug-likeness (QED) is 0.181. The number of carbonyl (C=O) groups excluding carboxylic acids is 2. The van der Waals surface area contributed by atoms with Gasteiger partial charge in [0, 0.05) is 31.1 Å². The van der Waals surface area contributed by atoms with Crippen molar-refractivity contribution in [3.05, 3.63) is 0 Å². The number of aliphatic carboxylic acids is 2. The Morgan fingerprint density at radius 2 is 1.53 bits per heavy atom. The summed E-state index contributed by atoms with van der Waals surface area (Å²) in [6.45, 7) is 9.38. The van der Waals surface area contributed by atoms with Gasteiger partial charge in [-0.2, -0.15) is 0 Å². The first kappa shape index (κ1) is 27.8. The van der Waals surface area contributed by atoms with Gasteiger partial charge in [-0.25, -0.2) is 4.79 Å². The van der Waals surface area contributed by atoms with E-state index in [4.69, 9.17) is 10.8 Å². The molecule has 0 rings (SSSR count). The van der Waals surface area contributed by atoms with Crippen LogP contribution in [0.15, 0.2) is 0 Å². The molecule has 0 aromatic heterocycles. The lowest BCUT2D eigenvalue weighted by Crippen LogP contribution is -2.55. The highest BCUT2D eigenvalue weighted by molar-refractivity contribution is 5.87. The van der Waals surface area contributed by atoms with Crippen molar-refractivity contribution >= 4 is 23.8 Å². The van der Waals surface area contributed by atoms with Crippen LogP contribution in [0.1, 0.15) is 53.9 Å². The molecule has 0 bridgehead atoms. The number of carboxylic acid groups (broad SMARTS) is 2. The number of hydrogen-bond acceptors (Lipinski definition) is 7. The Bertz CT molecular complexity index is 590. The highest BCUT2D eigenvalue weighted by Crippen LogP contribution is 2.03. The Balaban J connectivity index is 4.84. The van der Waals surface area contributed by atoms with Gasteiger partial charge in [0.15, 0.2) is 0 Å². The summed E-state index contributed by atoms with van der Waals surface area (Å²) in [5.74, 6) is -3.25. The van der Waals surface area contributed by atoms with E-state index in [1.165, 1.54) is 0 Å². The molecule has 30 heavy (non-hydrogen) atoms. The largest absolute Gasteiger partial charge is 0.481 e. The molecule has 0 aliphatic carbocycles. The number of carboxylic acids is 2. The molecule has 0 saturated carbocycles. The van der Waals surface area contributed by atoms with E-state index in [0.717, 1.165) is 0 Å². The van der Waals surface area contributed by atoms with Crippen molar-refractivity contribution in [3.63, 3.8) is 0 Å². The summed E-state index contributed by atoms with van der Waals surface area (Å²) in [7, 11) is 0. The molecular weight excluding hydrogens is 394 g/mol. The second-order valence-corrected chi connectivity index (χ2v) is 8.47. The van der Waals surface area contributed by atoms with E-state index in [9.17, 15) is 24.3 Å². The third-order valence-electron chi connectivity index (χ3n) is 4.00. The van der Waals surface area contributed by atoms with E-state index in [1.54, 1.807) is 13.8 Å². The predicted molar refractivity (Wildman–Crippen MR) is 112 cm³/mol. The molecule has 11 heteroatoms. The first-order chi connectivity index (χ1) is 13.8. The molecule has 0 aliphatic heterocycles. The Labute approximate surface area is 177 Å². The predicted octanol–water partition coefficient (Wildman–Crippen LogP) is -0.991. The maximum Gasteiger partial charge on any atom is 0.326 e. The van der Waals surface area contributed by atoms with Crippen LogP contribution >= 0.6 is 0 Å². The molecule has 0 spiro atoms. The van der Waals surface area contributed by atoms with E-state index >= 15 is 0 Å². The average molecular weight is 432 g/mol. The SMILES string of the molecule is CC(C)N[C@@H](CCC(=O)O)C(=O)NC(CCNC(=O)[C@H](CN)NC(C)(C)C)C(=O)O. The van der Waals surface area contributed by atoms with Gasteiger partial charge in [-0.05, 0) is 33.6 Å². The number of rotatable bonds is 14. The number of carbonyl (C=O) groups is 4. The van der Waals surface area contributed by atoms with Crippen LogP contribution in [0.25, 0.3) is 0 Å². The summed E-state index contributed by atoms with van der Waals surface area (Å²) in [4.78, 5) is 47.1. The number of nitrogens with one attached hydrogen (secondary N) is 4. The van der Waals surface area contributed by atoms with Gasteiger partial charge in [-0.15, -0.1) is 0 Å². The third kappa shape index (κ3) is 12.3. The first-order valence-electron chi connectivity index (χ1n) is 10.0. The van der Waals surface area contributed by atoms with Crippen molar-refractivity contribution in [2.24, 2.45) is 5.73 Å². The Morgan fingerprint density at radius 3 is 1.97 bits per heavy atom. The molecule has 0 fully saturated rings. The molecule has 0 aromatic rings. The zero-order valence-corrected chi connectivity index (χ0v) is 18.4. The van der Waals surface area contributed by atoms with Crippen LogP contribution in [0.3, 0.4) is 0 Å². The Hall–Kier alpha value is -2.24. The first-order valence-corrected chi connectivity index (χ1v) is 10.0. The molecule has 1 unspecified atom stereocenters. The van der Waals surface area contributed by atoms with Crippen LogP contribution in [-0.4, -0.2) is 76.8 Å². The van der Waals surface area contributed by atoms with Gasteiger partial charge in [-0.3, -0.25) is 14.4 Å². The zero-order valence-electron chi connectivity index (χ0n) is 18.4. The van der Waals surface area contributed by atoms with Crippen LogP contribution in [-0.2, 0) is 19.2 Å². The smallest absolute Gasteiger partial charge is 0.326 e. The summed E-state index contributed by atoms with van der Waals surface area (Å²) in [5.41, 5.74) is 5.30. The molecule has 0 aliphatic rings. The van der Waals surface area contributed by atoms with Crippen LogP contribution in [0, 0.1) is 0 Å². The monoisotopic (exact) mass is 431 g/mol. The van der Waals surface area contributed by atoms with Crippen LogP contribution in [0.5, 0.6) is 0 Å². The highest BCUT2D eigenvalue weighted by atomic mass is 16.4. The molecule has 174 valence electrons. The third-order valence-corrected chi connectivity index (χ3v) is 4.00. The van der Waals surface area contributed by atoms with Gasteiger partial charge in [0.1, 0.15) is 6.04 Å². The van der Waals surface area contributed by atoms with Gasteiger partial charge in [0.2, 0.25) is 11.8 Å². The number of nitrogens with two attached hydrogens (primary N) is 1. The molecule has 8 N–H and O–H groups in total. The fraction of sp³-hybridized carbons (Fsp3) is 0.789. The Morgan fingerprint density at radius 1 is 0.933 bits per heavy atom. The standard InChI is InChI=1S/C19H37N5O6/c1-11(2)22-12(6-7-15(25)26)17(28)23-13(18(29)30)8-9-21-16(27)14(10-20)24-19(3,4)5/h11-14,22,24H,6-10,20H2,1-5H3,(H,21,27)(H,23,28)(H,25,26)(H,29,30)/t12-,13?,14-/m0/s1.